The Morgan fingerprint density at radius 2 is 2.24 bits per heavy atom. The lowest BCUT2D eigenvalue weighted by molar-refractivity contribution is -0.133. The van der Waals surface area contributed by atoms with E-state index in [0.717, 1.165) is 28.9 Å². The van der Waals surface area contributed by atoms with Crippen molar-refractivity contribution in [3.05, 3.63) is 23.7 Å². The average molecular weight is 345 g/mol. The normalized spacial score (nSPS) is 10.5. The SMILES string of the molecule is CSCc1ccc(C(=O)Nc2nnc(SCC(=O)O)s2)o1. The van der Waals surface area contributed by atoms with Crippen molar-refractivity contribution in [1.82, 2.24) is 10.2 Å². The smallest absolute Gasteiger partial charge is 0.313 e. The van der Waals surface area contributed by atoms with E-state index < -0.39 is 11.9 Å². The predicted molar refractivity (Wildman–Crippen MR) is 82.1 cm³/mol. The largest absolute Gasteiger partial charge is 0.481 e. The number of amides is 1. The Hall–Kier alpha value is -1.52. The first-order chi connectivity index (χ1) is 10.1. The van der Waals surface area contributed by atoms with Crippen molar-refractivity contribution in [2.75, 3.05) is 17.3 Å². The van der Waals surface area contributed by atoms with Crippen molar-refractivity contribution in [2.24, 2.45) is 0 Å². The lowest BCUT2D eigenvalue weighted by atomic mass is 10.4. The molecule has 0 aromatic carbocycles. The van der Waals surface area contributed by atoms with Gasteiger partial charge in [-0.2, -0.15) is 11.8 Å². The minimum absolute atomic E-state index is 0.0984. The van der Waals surface area contributed by atoms with E-state index in [1.54, 1.807) is 23.9 Å². The Bertz CT molecular complexity index is 640. The van der Waals surface area contributed by atoms with E-state index in [9.17, 15) is 9.59 Å². The van der Waals surface area contributed by atoms with Crippen molar-refractivity contribution < 1.29 is 19.1 Å². The summed E-state index contributed by atoms with van der Waals surface area (Å²) >= 11 is 3.76. The molecule has 2 heterocycles. The number of nitrogens with one attached hydrogen (secondary N) is 1. The van der Waals surface area contributed by atoms with Crippen LogP contribution in [0.15, 0.2) is 20.9 Å². The molecule has 0 saturated carbocycles. The predicted octanol–water partition coefficient (Wildman–Crippen LogP) is 2.42. The number of hydrogen-bond donors (Lipinski definition) is 2. The molecule has 10 heteroatoms. The standard InChI is InChI=1S/C11H11N3O4S3/c1-19-4-6-2-3-7(18-6)9(17)12-10-13-14-11(21-10)20-5-8(15)16/h2-3H,4-5H2,1H3,(H,15,16)(H,12,13,17). The molecule has 0 unspecified atom stereocenters. The summed E-state index contributed by atoms with van der Waals surface area (Å²) in [6, 6.07) is 3.35. The summed E-state index contributed by atoms with van der Waals surface area (Å²) in [5.74, 6) is 0.184. The number of aliphatic carboxylic acids is 1. The van der Waals surface area contributed by atoms with Gasteiger partial charge >= 0.3 is 5.97 Å². The molecule has 112 valence electrons. The molecular weight excluding hydrogens is 334 g/mol. The number of carbonyl (C=O) groups excluding carboxylic acids is 1. The number of thioether (sulfide) groups is 2. The van der Waals surface area contributed by atoms with Gasteiger partial charge in [-0.3, -0.25) is 14.9 Å². The lowest BCUT2D eigenvalue weighted by Gasteiger charge is -1.97. The van der Waals surface area contributed by atoms with Gasteiger partial charge in [0.15, 0.2) is 10.1 Å². The van der Waals surface area contributed by atoms with E-state index in [1.807, 2.05) is 6.26 Å². The molecule has 2 N–H and O–H groups in total. The third-order valence-corrected chi connectivity index (χ3v) is 4.65. The topological polar surface area (TPSA) is 105 Å². The highest BCUT2D eigenvalue weighted by molar-refractivity contribution is 8.01. The number of carboxylic acids is 1. The van der Waals surface area contributed by atoms with E-state index in [2.05, 4.69) is 15.5 Å². The Morgan fingerprint density at radius 1 is 1.43 bits per heavy atom. The van der Waals surface area contributed by atoms with Gasteiger partial charge in [0, 0.05) is 0 Å². The monoisotopic (exact) mass is 345 g/mol. The fourth-order valence-corrected chi connectivity index (χ4v) is 3.23. The first kappa shape index (κ1) is 15.9. The van der Waals surface area contributed by atoms with Crippen LogP contribution in [0, 0.1) is 0 Å². The van der Waals surface area contributed by atoms with Gasteiger partial charge in [-0.05, 0) is 18.4 Å². The Labute approximate surface area is 132 Å². The van der Waals surface area contributed by atoms with Crippen LogP contribution in [-0.2, 0) is 10.5 Å². The molecule has 0 aliphatic heterocycles. The average Bonchev–Trinajstić information content (AvgIpc) is 3.06. The highest BCUT2D eigenvalue weighted by Gasteiger charge is 2.14. The number of rotatable bonds is 7. The third kappa shape index (κ3) is 4.76. The molecule has 2 aromatic heterocycles. The molecule has 0 radical (unpaired) electrons. The van der Waals surface area contributed by atoms with Gasteiger partial charge in [0.2, 0.25) is 5.13 Å². The maximum Gasteiger partial charge on any atom is 0.313 e. The van der Waals surface area contributed by atoms with Crippen LogP contribution < -0.4 is 5.32 Å². The Morgan fingerprint density at radius 3 is 2.95 bits per heavy atom. The number of carbonyl (C=O) groups is 2. The van der Waals surface area contributed by atoms with Crippen LogP contribution >= 0.6 is 34.9 Å². The van der Waals surface area contributed by atoms with Gasteiger partial charge in [-0.15, -0.1) is 10.2 Å². The molecule has 0 spiro atoms. The molecule has 0 aliphatic rings. The fourth-order valence-electron chi connectivity index (χ4n) is 1.32. The summed E-state index contributed by atoms with van der Waals surface area (Å²) in [7, 11) is 0. The van der Waals surface area contributed by atoms with Crippen LogP contribution in [0.4, 0.5) is 5.13 Å². The highest BCUT2D eigenvalue weighted by Crippen LogP contribution is 2.25. The van der Waals surface area contributed by atoms with Crippen molar-refractivity contribution in [2.45, 2.75) is 10.1 Å². The maximum absolute atomic E-state index is 11.9. The molecule has 2 aromatic rings. The summed E-state index contributed by atoms with van der Waals surface area (Å²) in [6.45, 7) is 0. The molecule has 0 bridgehead atoms. The molecule has 21 heavy (non-hydrogen) atoms. The molecule has 0 atom stereocenters. The van der Waals surface area contributed by atoms with Crippen LogP contribution in [0.1, 0.15) is 16.3 Å². The van der Waals surface area contributed by atoms with Crippen molar-refractivity contribution in [1.29, 1.82) is 0 Å². The summed E-state index contributed by atoms with van der Waals surface area (Å²) in [5, 5.41) is 19.0. The van der Waals surface area contributed by atoms with E-state index in [-0.39, 0.29) is 11.5 Å². The van der Waals surface area contributed by atoms with Gasteiger partial charge in [-0.25, -0.2) is 0 Å². The van der Waals surface area contributed by atoms with Gasteiger partial charge in [0.25, 0.3) is 5.91 Å². The number of anilines is 1. The van der Waals surface area contributed by atoms with E-state index in [1.165, 1.54) is 0 Å². The molecular formula is C11H11N3O4S3. The molecule has 7 nitrogen and oxygen atoms in total. The Balaban J connectivity index is 1.94. The van der Waals surface area contributed by atoms with E-state index in [0.29, 0.717) is 15.2 Å². The quantitative estimate of drug-likeness (QED) is 0.582. The Kier molecular flexibility index (Phi) is 5.65. The second-order valence-corrected chi connectivity index (χ2v) is 6.77. The summed E-state index contributed by atoms with van der Waals surface area (Å²) in [4.78, 5) is 22.4. The minimum Gasteiger partial charge on any atom is -0.481 e. The zero-order valence-electron chi connectivity index (χ0n) is 10.9. The van der Waals surface area contributed by atoms with Crippen LogP contribution in [0.25, 0.3) is 0 Å². The van der Waals surface area contributed by atoms with Gasteiger partial charge in [0.05, 0.1) is 11.5 Å². The number of furan rings is 1. The second-order valence-electron chi connectivity index (χ2n) is 3.71. The number of hydrogen-bond acceptors (Lipinski definition) is 8. The first-order valence-electron chi connectivity index (χ1n) is 5.65. The first-order valence-corrected chi connectivity index (χ1v) is 8.85. The van der Waals surface area contributed by atoms with Crippen molar-refractivity contribution >= 4 is 51.9 Å². The van der Waals surface area contributed by atoms with Crippen LogP contribution in [-0.4, -0.2) is 39.2 Å². The lowest BCUT2D eigenvalue weighted by Crippen LogP contribution is -2.10. The minimum atomic E-state index is -0.933. The summed E-state index contributed by atoms with van der Waals surface area (Å²) in [6.07, 6.45) is 1.94. The van der Waals surface area contributed by atoms with E-state index in [4.69, 9.17) is 9.52 Å². The van der Waals surface area contributed by atoms with E-state index >= 15 is 0 Å². The zero-order chi connectivity index (χ0) is 15.2. The number of aromatic nitrogens is 2. The fraction of sp³-hybridized carbons (Fsp3) is 0.273. The molecule has 0 saturated heterocycles. The number of nitrogens with zero attached hydrogens (tertiary/aromatic N) is 2. The molecule has 2 rings (SSSR count). The molecule has 1 amide bonds. The molecule has 0 aliphatic carbocycles. The maximum atomic E-state index is 11.9. The zero-order valence-corrected chi connectivity index (χ0v) is 13.3. The summed E-state index contributed by atoms with van der Waals surface area (Å²) < 4.78 is 5.87. The number of carboxylic acid groups (broad SMARTS) is 1. The van der Waals surface area contributed by atoms with Crippen molar-refractivity contribution in [3.8, 4) is 0 Å². The second kappa shape index (κ2) is 7.48. The van der Waals surface area contributed by atoms with Crippen LogP contribution in [0.3, 0.4) is 0 Å². The van der Waals surface area contributed by atoms with Crippen LogP contribution in [0.2, 0.25) is 0 Å². The highest BCUT2D eigenvalue weighted by atomic mass is 32.2. The third-order valence-electron chi connectivity index (χ3n) is 2.12. The van der Waals surface area contributed by atoms with Crippen LogP contribution in [0.5, 0.6) is 0 Å². The van der Waals surface area contributed by atoms with Gasteiger partial charge in [0.1, 0.15) is 5.76 Å². The molecule has 0 fully saturated rings. The van der Waals surface area contributed by atoms with Gasteiger partial charge in [-0.1, -0.05) is 23.1 Å². The van der Waals surface area contributed by atoms with Gasteiger partial charge < -0.3 is 9.52 Å². The summed E-state index contributed by atoms with van der Waals surface area (Å²) in [5.41, 5.74) is 0. The van der Waals surface area contributed by atoms with Crippen molar-refractivity contribution in [3.63, 3.8) is 0 Å².